The molecule has 2 N–H and O–H groups in total. The molecule has 1 fully saturated rings. The number of carbonyl (C=O) groups excluding carboxylic acids is 1. The van der Waals surface area contributed by atoms with Gasteiger partial charge in [-0.05, 0) is 37.2 Å². The lowest BCUT2D eigenvalue weighted by Crippen LogP contribution is -2.38. The number of hydrogen-bond donors (Lipinski definition) is 2. The Morgan fingerprint density at radius 2 is 1.96 bits per heavy atom. The summed E-state index contributed by atoms with van der Waals surface area (Å²) in [5, 5.41) is 18.9. The highest BCUT2D eigenvalue weighted by molar-refractivity contribution is 5.89. The molecule has 126 valence electrons. The average molecular weight is 330 g/mol. The summed E-state index contributed by atoms with van der Waals surface area (Å²) in [7, 11) is 0. The quantitative estimate of drug-likeness (QED) is 0.591. The van der Waals surface area contributed by atoms with E-state index in [1.54, 1.807) is 12.2 Å². The van der Waals surface area contributed by atoms with E-state index in [2.05, 4.69) is 0 Å². The first-order valence-electron chi connectivity index (χ1n) is 8.18. The Kier molecular flexibility index (Phi) is 3.20. The van der Waals surface area contributed by atoms with Gasteiger partial charge < -0.3 is 14.9 Å². The highest BCUT2D eigenvalue weighted by Crippen LogP contribution is 2.54. The van der Waals surface area contributed by atoms with Gasteiger partial charge in [0.25, 0.3) is 0 Å². The molecule has 0 aromatic heterocycles. The molecule has 24 heavy (non-hydrogen) atoms. The van der Waals surface area contributed by atoms with Crippen molar-refractivity contribution >= 4 is 17.9 Å². The van der Waals surface area contributed by atoms with E-state index < -0.39 is 29.2 Å². The molecule has 4 aliphatic carbocycles. The molecule has 0 amide bonds. The van der Waals surface area contributed by atoms with Crippen LogP contribution >= 0.6 is 0 Å². The molecule has 0 radical (unpaired) electrons. The van der Waals surface area contributed by atoms with Crippen molar-refractivity contribution in [2.24, 2.45) is 29.1 Å². The summed E-state index contributed by atoms with van der Waals surface area (Å²) in [6.45, 7) is 0. The molecule has 4 rings (SSSR count). The lowest BCUT2D eigenvalue weighted by Gasteiger charge is -2.30. The Morgan fingerprint density at radius 3 is 2.50 bits per heavy atom. The molecular weight excluding hydrogens is 312 g/mol. The fraction of sp³-hybridized carbons (Fsp3) is 0.500. The van der Waals surface area contributed by atoms with E-state index in [0.29, 0.717) is 18.6 Å². The summed E-state index contributed by atoms with van der Waals surface area (Å²) < 4.78 is 5.40. The molecule has 0 saturated heterocycles. The zero-order valence-electron chi connectivity index (χ0n) is 13.0. The molecule has 0 aromatic carbocycles. The highest BCUT2D eigenvalue weighted by atomic mass is 16.5. The number of rotatable bonds is 5. The van der Waals surface area contributed by atoms with E-state index in [4.69, 9.17) is 4.74 Å². The van der Waals surface area contributed by atoms with E-state index in [1.165, 1.54) is 0 Å². The van der Waals surface area contributed by atoms with Gasteiger partial charge in [0.2, 0.25) is 0 Å². The molecule has 5 atom stereocenters. The summed E-state index contributed by atoms with van der Waals surface area (Å²) in [5.74, 6) is -2.47. The minimum absolute atomic E-state index is 0.0113. The summed E-state index contributed by atoms with van der Waals surface area (Å²) >= 11 is 0. The molecule has 6 heteroatoms. The largest absolute Gasteiger partial charge is 0.481 e. The van der Waals surface area contributed by atoms with Crippen LogP contribution in [0.1, 0.15) is 25.7 Å². The Hall–Kier alpha value is -2.37. The van der Waals surface area contributed by atoms with Gasteiger partial charge in [0.1, 0.15) is 5.76 Å². The molecule has 0 spiro atoms. The molecular formula is C18H18O6. The van der Waals surface area contributed by atoms with Crippen LogP contribution in [-0.4, -0.2) is 28.1 Å². The number of fused-ring (bicyclic) bond motifs is 4. The van der Waals surface area contributed by atoms with Crippen molar-refractivity contribution < 1.29 is 29.3 Å². The molecule has 5 unspecified atom stereocenters. The van der Waals surface area contributed by atoms with Gasteiger partial charge in [0.15, 0.2) is 0 Å². The first-order valence-corrected chi connectivity index (χ1v) is 8.18. The van der Waals surface area contributed by atoms with Crippen LogP contribution in [0.25, 0.3) is 0 Å². The van der Waals surface area contributed by atoms with Crippen LogP contribution in [0.5, 0.6) is 0 Å². The van der Waals surface area contributed by atoms with Gasteiger partial charge in [-0.2, -0.15) is 0 Å². The predicted octanol–water partition coefficient (Wildman–Crippen LogP) is 2.13. The van der Waals surface area contributed by atoms with Crippen molar-refractivity contribution in [1.29, 1.82) is 0 Å². The normalized spacial score (nSPS) is 38.2. The third kappa shape index (κ3) is 2.12. The zero-order chi connectivity index (χ0) is 17.1. The standard InChI is InChI=1S/C18H18O6/c19-15(8-18(17(22)23)7-9-1-2-11(18)3-9)24-14-6-10-4-12(14)13(5-10)16(20)21/h1-2,5-6,9-12H,3-4,7-8H2,(H,20,21)(H,22,23). The topological polar surface area (TPSA) is 101 Å². The SMILES string of the molecule is O=C(CC1(C(=O)O)CC2C=CC1C2)OC1=CC2C=C(C(=O)O)C1C2. The second-order valence-electron chi connectivity index (χ2n) is 7.25. The van der Waals surface area contributed by atoms with Crippen molar-refractivity contribution in [3.8, 4) is 0 Å². The fourth-order valence-electron chi connectivity index (χ4n) is 4.76. The van der Waals surface area contributed by atoms with E-state index >= 15 is 0 Å². The zero-order valence-corrected chi connectivity index (χ0v) is 13.0. The predicted molar refractivity (Wildman–Crippen MR) is 81.5 cm³/mol. The maximum absolute atomic E-state index is 12.4. The summed E-state index contributed by atoms with van der Waals surface area (Å²) in [6.07, 6.45) is 9.06. The van der Waals surface area contributed by atoms with Crippen molar-refractivity contribution in [3.05, 3.63) is 35.6 Å². The number of esters is 1. The van der Waals surface area contributed by atoms with E-state index in [9.17, 15) is 24.6 Å². The maximum atomic E-state index is 12.4. The lowest BCUT2D eigenvalue weighted by atomic mass is 9.73. The molecule has 0 aliphatic heterocycles. The number of carboxylic acids is 2. The number of aliphatic carboxylic acids is 2. The number of carboxylic acid groups (broad SMARTS) is 2. The van der Waals surface area contributed by atoms with Gasteiger partial charge in [-0.15, -0.1) is 0 Å². The molecule has 4 bridgehead atoms. The summed E-state index contributed by atoms with van der Waals surface area (Å²) in [5.41, 5.74) is -0.818. The Balaban J connectivity index is 1.46. The summed E-state index contributed by atoms with van der Waals surface area (Å²) in [4.78, 5) is 35.4. The smallest absolute Gasteiger partial charge is 0.332 e. The fourth-order valence-corrected chi connectivity index (χ4v) is 4.76. The van der Waals surface area contributed by atoms with Gasteiger partial charge in [-0.3, -0.25) is 9.59 Å². The third-order valence-electron chi connectivity index (χ3n) is 5.87. The maximum Gasteiger partial charge on any atom is 0.332 e. The van der Waals surface area contributed by atoms with Crippen LogP contribution < -0.4 is 0 Å². The number of ether oxygens (including phenoxy) is 1. The van der Waals surface area contributed by atoms with E-state index in [-0.39, 0.29) is 29.7 Å². The molecule has 4 aliphatic rings. The van der Waals surface area contributed by atoms with Crippen LogP contribution in [0.4, 0.5) is 0 Å². The highest BCUT2D eigenvalue weighted by Gasteiger charge is 2.55. The molecule has 0 aromatic rings. The minimum Gasteiger partial charge on any atom is -0.481 e. The summed E-state index contributed by atoms with van der Waals surface area (Å²) in [6, 6.07) is 0. The van der Waals surface area contributed by atoms with Gasteiger partial charge in [0, 0.05) is 17.4 Å². The molecule has 6 nitrogen and oxygen atoms in total. The van der Waals surface area contributed by atoms with Gasteiger partial charge in [0.05, 0.1) is 11.8 Å². The van der Waals surface area contributed by atoms with Crippen molar-refractivity contribution in [1.82, 2.24) is 0 Å². The van der Waals surface area contributed by atoms with Crippen LogP contribution in [0.3, 0.4) is 0 Å². The second kappa shape index (κ2) is 5.06. The molecule has 0 heterocycles. The van der Waals surface area contributed by atoms with Gasteiger partial charge >= 0.3 is 17.9 Å². The average Bonchev–Trinajstić information content (AvgIpc) is 3.25. The molecule has 1 saturated carbocycles. The second-order valence-corrected chi connectivity index (χ2v) is 7.25. The number of carbonyl (C=O) groups is 3. The van der Waals surface area contributed by atoms with Crippen molar-refractivity contribution in [3.63, 3.8) is 0 Å². The van der Waals surface area contributed by atoms with Gasteiger partial charge in [-0.1, -0.05) is 18.2 Å². The first kappa shape index (κ1) is 15.2. The van der Waals surface area contributed by atoms with Gasteiger partial charge in [-0.25, -0.2) is 4.79 Å². The minimum atomic E-state index is -1.08. The van der Waals surface area contributed by atoms with Crippen LogP contribution in [0.15, 0.2) is 35.6 Å². The first-order chi connectivity index (χ1) is 11.4. The van der Waals surface area contributed by atoms with E-state index in [1.807, 2.05) is 12.2 Å². The lowest BCUT2D eigenvalue weighted by molar-refractivity contribution is -0.158. The van der Waals surface area contributed by atoms with Crippen molar-refractivity contribution in [2.45, 2.75) is 25.7 Å². The van der Waals surface area contributed by atoms with Crippen LogP contribution in [-0.2, 0) is 19.1 Å². The van der Waals surface area contributed by atoms with Crippen LogP contribution in [0, 0.1) is 29.1 Å². The number of allylic oxidation sites excluding steroid dienone is 5. The van der Waals surface area contributed by atoms with Crippen molar-refractivity contribution in [2.75, 3.05) is 0 Å². The number of hydrogen-bond acceptors (Lipinski definition) is 4. The Morgan fingerprint density at radius 1 is 1.17 bits per heavy atom. The van der Waals surface area contributed by atoms with E-state index in [0.717, 1.165) is 6.42 Å². The monoisotopic (exact) mass is 330 g/mol. The Labute approximate surface area is 138 Å². The van der Waals surface area contributed by atoms with Crippen LogP contribution in [0.2, 0.25) is 0 Å². The Bertz CT molecular complexity index is 730. The third-order valence-corrected chi connectivity index (χ3v) is 5.87.